The number of hydrogen-bond acceptors (Lipinski definition) is 4. The van der Waals surface area contributed by atoms with Gasteiger partial charge in [0.1, 0.15) is 24.2 Å². The molecule has 190 valence electrons. The van der Waals surface area contributed by atoms with E-state index in [1.165, 1.54) is 18.3 Å². The molecule has 1 unspecified atom stereocenters. The van der Waals surface area contributed by atoms with Gasteiger partial charge in [0, 0.05) is 6.92 Å². The minimum atomic E-state index is -4.26. The second-order valence-electron chi connectivity index (χ2n) is 8.89. The van der Waals surface area contributed by atoms with Crippen LogP contribution in [0.25, 0.3) is 16.6 Å². The highest BCUT2D eigenvalue weighted by Crippen LogP contribution is 2.29. The van der Waals surface area contributed by atoms with Gasteiger partial charge in [0.05, 0.1) is 27.7 Å². The van der Waals surface area contributed by atoms with Crippen LogP contribution >= 0.6 is 0 Å². The van der Waals surface area contributed by atoms with Crippen LogP contribution in [0, 0.1) is 26.6 Å². The lowest BCUT2D eigenvalue weighted by Crippen LogP contribution is -2.49. The molecule has 0 saturated heterocycles. The zero-order valence-corrected chi connectivity index (χ0v) is 21.0. The van der Waals surface area contributed by atoms with E-state index in [2.05, 4.69) is 9.82 Å². The van der Waals surface area contributed by atoms with Gasteiger partial charge in [-0.05, 0) is 68.3 Å². The smallest absolute Gasteiger partial charge is 0.264 e. The number of hydrogen-bond donors (Lipinski definition) is 1. The topological polar surface area (TPSA) is 73.2 Å². The summed E-state index contributed by atoms with van der Waals surface area (Å²) in [4.78, 5) is -0.0231. The van der Waals surface area contributed by atoms with Crippen LogP contribution in [0.15, 0.2) is 65.7 Å². The lowest BCUT2D eigenvalue weighted by atomic mass is 10.1. The van der Waals surface area contributed by atoms with Crippen molar-refractivity contribution in [2.75, 3.05) is 6.61 Å². The van der Waals surface area contributed by atoms with Crippen molar-refractivity contribution in [3.63, 3.8) is 0 Å². The number of halogens is 3. The molecule has 1 atom stereocenters. The highest BCUT2D eigenvalue weighted by atomic mass is 32.2. The number of rotatable bonds is 8. The summed E-state index contributed by atoms with van der Waals surface area (Å²) in [5, 5.41) is 4.85. The van der Waals surface area contributed by atoms with E-state index in [0.29, 0.717) is 34.6 Å². The third-order valence-electron chi connectivity index (χ3n) is 5.83. The van der Waals surface area contributed by atoms with Crippen molar-refractivity contribution in [1.29, 1.82) is 0 Å². The number of benzene rings is 3. The Bertz CT molecular complexity index is 1490. The van der Waals surface area contributed by atoms with Gasteiger partial charge in [0.25, 0.3) is 5.92 Å². The predicted molar refractivity (Wildman–Crippen MR) is 132 cm³/mol. The van der Waals surface area contributed by atoms with Gasteiger partial charge < -0.3 is 4.74 Å². The van der Waals surface area contributed by atoms with Gasteiger partial charge >= 0.3 is 0 Å². The van der Waals surface area contributed by atoms with Crippen molar-refractivity contribution >= 4 is 20.9 Å². The highest BCUT2D eigenvalue weighted by Gasteiger charge is 2.39. The Morgan fingerprint density at radius 1 is 1.06 bits per heavy atom. The van der Waals surface area contributed by atoms with Crippen LogP contribution in [0.2, 0.25) is 0 Å². The van der Waals surface area contributed by atoms with Crippen LogP contribution in [0.4, 0.5) is 13.2 Å². The number of aromatic nitrogens is 2. The molecule has 0 spiro atoms. The quantitative estimate of drug-likeness (QED) is 0.336. The molecule has 3 aromatic carbocycles. The maximum atomic E-state index is 14.5. The van der Waals surface area contributed by atoms with E-state index in [-0.39, 0.29) is 16.5 Å². The predicted octanol–water partition coefficient (Wildman–Crippen LogP) is 5.47. The molecule has 10 heteroatoms. The second kappa shape index (κ2) is 9.59. The lowest BCUT2D eigenvalue weighted by molar-refractivity contribution is -0.0245. The summed E-state index contributed by atoms with van der Waals surface area (Å²) < 4.78 is 78.0. The summed E-state index contributed by atoms with van der Waals surface area (Å²) >= 11 is 0. The lowest BCUT2D eigenvalue weighted by Gasteiger charge is -2.25. The van der Waals surface area contributed by atoms with Gasteiger partial charge in [-0.2, -0.15) is 9.82 Å². The number of ether oxygens (including phenoxy) is 1. The van der Waals surface area contributed by atoms with Gasteiger partial charge in [-0.15, -0.1) is 0 Å². The average molecular weight is 518 g/mol. The zero-order chi connectivity index (χ0) is 26.3. The maximum Gasteiger partial charge on any atom is 0.264 e. The van der Waals surface area contributed by atoms with Crippen molar-refractivity contribution in [3.05, 3.63) is 83.3 Å². The SMILES string of the molecule is Cc1cc(C)c(S(=O)(=O)NC(COc2cccc3c2cnn3-c2ccc(F)cc2)C(C)(F)F)c(C)c1. The molecule has 0 aliphatic rings. The third kappa shape index (κ3) is 5.24. The van der Waals surface area contributed by atoms with Crippen molar-refractivity contribution in [3.8, 4) is 11.4 Å². The second-order valence-corrected chi connectivity index (χ2v) is 10.5. The molecule has 0 amide bonds. The first kappa shape index (κ1) is 25.7. The van der Waals surface area contributed by atoms with Crippen LogP contribution in [-0.2, 0) is 10.0 Å². The van der Waals surface area contributed by atoms with Crippen molar-refractivity contribution in [1.82, 2.24) is 14.5 Å². The van der Waals surface area contributed by atoms with Crippen LogP contribution in [0.1, 0.15) is 23.6 Å². The molecular formula is C26H26F3N3O3S. The van der Waals surface area contributed by atoms with Crippen molar-refractivity contribution in [2.45, 2.75) is 44.6 Å². The summed E-state index contributed by atoms with van der Waals surface area (Å²) in [5.41, 5.74) is 3.04. The number of nitrogens with zero attached hydrogens (tertiary/aromatic N) is 2. The van der Waals surface area contributed by atoms with E-state index in [1.807, 2.05) is 6.92 Å². The van der Waals surface area contributed by atoms with Crippen LogP contribution in [0.3, 0.4) is 0 Å². The summed E-state index contributed by atoms with van der Waals surface area (Å²) in [6.07, 6.45) is 1.51. The summed E-state index contributed by atoms with van der Waals surface area (Å²) in [6, 6.07) is 12.3. The Hall–Kier alpha value is -3.37. The molecule has 0 aliphatic carbocycles. The molecule has 36 heavy (non-hydrogen) atoms. The molecule has 1 heterocycles. The van der Waals surface area contributed by atoms with E-state index in [0.717, 1.165) is 5.56 Å². The van der Waals surface area contributed by atoms with Gasteiger partial charge in [-0.3, -0.25) is 0 Å². The fraction of sp³-hybridized carbons (Fsp3) is 0.269. The number of fused-ring (bicyclic) bond motifs is 1. The van der Waals surface area contributed by atoms with Crippen LogP contribution in [0.5, 0.6) is 5.75 Å². The van der Waals surface area contributed by atoms with E-state index >= 15 is 0 Å². The third-order valence-corrected chi connectivity index (χ3v) is 7.61. The Morgan fingerprint density at radius 2 is 1.69 bits per heavy atom. The van der Waals surface area contributed by atoms with Gasteiger partial charge in [-0.25, -0.2) is 26.3 Å². The molecule has 4 rings (SSSR count). The minimum absolute atomic E-state index is 0.0231. The molecule has 0 bridgehead atoms. The fourth-order valence-electron chi connectivity index (χ4n) is 4.23. The molecule has 4 aromatic rings. The Labute approximate surface area is 207 Å². The Balaban J connectivity index is 1.61. The van der Waals surface area contributed by atoms with E-state index < -0.39 is 28.6 Å². The first-order valence-corrected chi connectivity index (χ1v) is 12.7. The molecule has 1 N–H and O–H groups in total. The van der Waals surface area contributed by atoms with Gasteiger partial charge in [-0.1, -0.05) is 23.8 Å². The van der Waals surface area contributed by atoms with Crippen LogP contribution < -0.4 is 9.46 Å². The maximum absolute atomic E-state index is 14.5. The van der Waals surface area contributed by atoms with Crippen LogP contribution in [-0.4, -0.2) is 36.8 Å². The number of aryl methyl sites for hydroxylation is 3. The van der Waals surface area contributed by atoms with E-state index in [4.69, 9.17) is 4.74 Å². The standard InChI is InChI=1S/C26H26F3N3O3S/c1-16-12-17(2)25(18(3)13-16)36(33,34)31-24(26(4,28)29)15-35-23-7-5-6-22-21(23)14-30-32(22)20-10-8-19(27)9-11-20/h5-14,24,31H,15H2,1-4H3. The normalized spacial score (nSPS) is 13.2. The Kier molecular flexibility index (Phi) is 6.85. The largest absolute Gasteiger partial charge is 0.491 e. The minimum Gasteiger partial charge on any atom is -0.491 e. The molecule has 6 nitrogen and oxygen atoms in total. The molecule has 0 fully saturated rings. The monoisotopic (exact) mass is 517 g/mol. The number of sulfonamides is 1. The van der Waals surface area contributed by atoms with Crippen molar-refractivity contribution < 1.29 is 26.3 Å². The average Bonchev–Trinajstić information content (AvgIpc) is 3.20. The molecular weight excluding hydrogens is 491 g/mol. The van der Waals surface area contributed by atoms with Gasteiger partial charge in [0.2, 0.25) is 10.0 Å². The zero-order valence-electron chi connectivity index (χ0n) is 20.2. The van der Waals surface area contributed by atoms with Crippen molar-refractivity contribution in [2.24, 2.45) is 0 Å². The number of alkyl halides is 2. The Morgan fingerprint density at radius 3 is 2.31 bits per heavy atom. The van der Waals surface area contributed by atoms with Gasteiger partial charge in [0.15, 0.2) is 0 Å². The molecule has 0 aliphatic heterocycles. The summed E-state index contributed by atoms with van der Waals surface area (Å²) in [7, 11) is -4.26. The highest BCUT2D eigenvalue weighted by molar-refractivity contribution is 7.89. The summed E-state index contributed by atoms with van der Waals surface area (Å²) in [6.45, 7) is 5.12. The van der Waals surface area contributed by atoms with E-state index in [9.17, 15) is 21.6 Å². The van der Waals surface area contributed by atoms with E-state index in [1.54, 1.807) is 61.0 Å². The number of nitrogens with one attached hydrogen (secondary N) is 1. The first-order valence-electron chi connectivity index (χ1n) is 11.2. The molecule has 0 radical (unpaired) electrons. The molecule has 0 saturated carbocycles. The summed E-state index contributed by atoms with van der Waals surface area (Å²) in [5.74, 6) is -3.53. The molecule has 1 aromatic heterocycles. The first-order chi connectivity index (χ1) is 16.9. The fourth-order valence-corrected chi connectivity index (χ4v) is 5.97.